The highest BCUT2D eigenvalue weighted by atomic mass is 16.5. The molecule has 100 valence electrons. The maximum atomic E-state index is 11.5. The van der Waals surface area contributed by atoms with Crippen LogP contribution in [0.2, 0.25) is 0 Å². The highest BCUT2D eigenvalue weighted by molar-refractivity contribution is 5.88. The number of amides is 2. The smallest absolute Gasteiger partial charge is 0.325 e. The molecule has 10 nitrogen and oxygen atoms in total. The van der Waals surface area contributed by atoms with E-state index in [0.717, 1.165) is 6.39 Å². The molecule has 0 saturated carbocycles. The molecule has 0 aliphatic carbocycles. The van der Waals surface area contributed by atoms with Gasteiger partial charge in [-0.15, -0.1) is 0 Å². The van der Waals surface area contributed by atoms with Crippen molar-refractivity contribution in [3.63, 3.8) is 0 Å². The molecule has 0 spiro atoms. The summed E-state index contributed by atoms with van der Waals surface area (Å²) >= 11 is 0. The summed E-state index contributed by atoms with van der Waals surface area (Å²) in [7, 11) is 0. The van der Waals surface area contributed by atoms with Crippen LogP contribution in [-0.2, 0) is 17.9 Å². The van der Waals surface area contributed by atoms with Crippen LogP contribution in [-0.4, -0.2) is 37.0 Å². The Morgan fingerprint density at radius 3 is 3.00 bits per heavy atom. The summed E-state index contributed by atoms with van der Waals surface area (Å²) in [6.45, 7) is -0.155. The van der Waals surface area contributed by atoms with Gasteiger partial charge in [0.15, 0.2) is 5.82 Å². The van der Waals surface area contributed by atoms with Crippen molar-refractivity contribution in [1.29, 1.82) is 0 Å². The maximum Gasteiger partial charge on any atom is 0.325 e. The summed E-state index contributed by atoms with van der Waals surface area (Å²) in [5.74, 6) is -0.673. The summed E-state index contributed by atoms with van der Waals surface area (Å²) < 4.78 is 5.70. The van der Waals surface area contributed by atoms with Gasteiger partial charge in [0, 0.05) is 6.20 Å². The summed E-state index contributed by atoms with van der Waals surface area (Å²) in [5.41, 5.74) is 0.381. The van der Waals surface area contributed by atoms with E-state index in [0.29, 0.717) is 11.5 Å². The molecule has 0 unspecified atom stereocenters. The highest BCUT2D eigenvalue weighted by Gasteiger charge is 2.07. The fourth-order valence-corrected chi connectivity index (χ4v) is 1.26. The maximum absolute atomic E-state index is 11.5. The minimum absolute atomic E-state index is 0.117. The summed E-state index contributed by atoms with van der Waals surface area (Å²) in [6.07, 6.45) is 3.91. The van der Waals surface area contributed by atoms with Crippen LogP contribution in [0, 0.1) is 0 Å². The predicted octanol–water partition coefficient (Wildman–Crippen LogP) is -0.328. The van der Waals surface area contributed by atoms with Gasteiger partial charge in [-0.2, -0.15) is 10.1 Å². The van der Waals surface area contributed by atoms with Crippen molar-refractivity contribution >= 4 is 17.7 Å². The van der Waals surface area contributed by atoms with Gasteiger partial charge in [0.05, 0.1) is 18.4 Å². The molecular weight excluding hydrogens is 256 g/mol. The molecule has 0 atom stereocenters. The lowest BCUT2D eigenvalue weighted by Gasteiger charge is -2.02. The fraction of sp³-hybridized carbons (Fsp3) is 0.222. The lowest BCUT2D eigenvalue weighted by atomic mass is 10.5. The average molecular weight is 266 g/mol. The van der Waals surface area contributed by atoms with Crippen molar-refractivity contribution in [3.8, 4) is 0 Å². The van der Waals surface area contributed by atoms with Gasteiger partial charge in [0.2, 0.25) is 6.39 Å². The van der Waals surface area contributed by atoms with Gasteiger partial charge in [0.25, 0.3) is 0 Å². The number of carbonyl (C=O) groups excluding carboxylic acids is 1. The number of urea groups is 1. The second-order valence-corrected chi connectivity index (χ2v) is 3.48. The van der Waals surface area contributed by atoms with Gasteiger partial charge in [0.1, 0.15) is 6.54 Å². The Labute approximate surface area is 106 Å². The van der Waals surface area contributed by atoms with Crippen LogP contribution < -0.4 is 10.6 Å². The van der Waals surface area contributed by atoms with Crippen LogP contribution in [0.5, 0.6) is 0 Å². The molecule has 0 bridgehead atoms. The molecular formula is C9H10N6O4. The van der Waals surface area contributed by atoms with E-state index in [1.807, 2.05) is 0 Å². The first-order valence-corrected chi connectivity index (χ1v) is 5.18. The quantitative estimate of drug-likeness (QED) is 0.674. The average Bonchev–Trinajstić information content (AvgIpc) is 2.97. The van der Waals surface area contributed by atoms with Gasteiger partial charge in [-0.25, -0.2) is 4.79 Å². The zero-order valence-corrected chi connectivity index (χ0v) is 9.61. The summed E-state index contributed by atoms with van der Waals surface area (Å²) in [5, 5.41) is 20.8. The largest absolute Gasteiger partial charge is 0.480 e. The van der Waals surface area contributed by atoms with E-state index in [1.165, 1.54) is 17.1 Å². The van der Waals surface area contributed by atoms with Crippen molar-refractivity contribution in [1.82, 2.24) is 25.2 Å². The number of anilines is 1. The molecule has 2 heterocycles. The molecule has 0 aliphatic heterocycles. The van der Waals surface area contributed by atoms with Gasteiger partial charge in [-0.3, -0.25) is 9.48 Å². The molecule has 2 rings (SSSR count). The Morgan fingerprint density at radius 2 is 2.32 bits per heavy atom. The summed E-state index contributed by atoms with van der Waals surface area (Å²) in [6, 6.07) is -0.486. The van der Waals surface area contributed by atoms with Crippen molar-refractivity contribution in [2.45, 2.75) is 13.1 Å². The number of carboxylic acids is 1. The number of nitrogens with zero attached hydrogens (tertiary/aromatic N) is 4. The monoisotopic (exact) mass is 266 g/mol. The Hall–Kier alpha value is -2.91. The number of aromatic nitrogens is 4. The Balaban J connectivity index is 1.81. The molecule has 0 saturated heterocycles. The molecule has 19 heavy (non-hydrogen) atoms. The van der Waals surface area contributed by atoms with E-state index >= 15 is 0 Å². The number of hydrogen-bond donors (Lipinski definition) is 3. The van der Waals surface area contributed by atoms with Crippen LogP contribution in [0.1, 0.15) is 5.82 Å². The molecule has 2 aromatic heterocycles. The third kappa shape index (κ3) is 3.80. The van der Waals surface area contributed by atoms with Gasteiger partial charge in [-0.05, 0) is 0 Å². The molecule has 0 fully saturated rings. The topological polar surface area (TPSA) is 135 Å². The normalized spacial score (nSPS) is 10.1. The molecule has 0 radical (unpaired) electrons. The van der Waals surface area contributed by atoms with Crippen LogP contribution in [0.4, 0.5) is 10.5 Å². The third-order valence-corrected chi connectivity index (χ3v) is 2.00. The molecule has 0 aromatic carbocycles. The van der Waals surface area contributed by atoms with E-state index in [9.17, 15) is 9.59 Å². The minimum atomic E-state index is -1.02. The van der Waals surface area contributed by atoms with Gasteiger partial charge < -0.3 is 20.3 Å². The molecule has 0 aliphatic rings. The lowest BCUT2D eigenvalue weighted by Crippen LogP contribution is -2.28. The summed E-state index contributed by atoms with van der Waals surface area (Å²) in [4.78, 5) is 25.7. The number of aliphatic carboxylic acids is 1. The first kappa shape index (κ1) is 12.5. The molecule has 2 amide bonds. The number of rotatable bonds is 5. The number of carbonyl (C=O) groups is 2. The first-order chi connectivity index (χ1) is 9.13. The second-order valence-electron chi connectivity index (χ2n) is 3.48. The number of carboxylic acid groups (broad SMARTS) is 1. The van der Waals surface area contributed by atoms with E-state index in [4.69, 9.17) is 5.11 Å². The fourth-order valence-electron chi connectivity index (χ4n) is 1.26. The molecule has 3 N–H and O–H groups in total. The van der Waals surface area contributed by atoms with Gasteiger partial charge in [-0.1, -0.05) is 5.16 Å². The Bertz CT molecular complexity index is 563. The van der Waals surface area contributed by atoms with E-state index in [2.05, 4.69) is 30.4 Å². The van der Waals surface area contributed by atoms with E-state index in [1.54, 1.807) is 0 Å². The van der Waals surface area contributed by atoms with Crippen LogP contribution >= 0.6 is 0 Å². The Morgan fingerprint density at radius 1 is 1.47 bits per heavy atom. The second kappa shape index (κ2) is 5.62. The van der Waals surface area contributed by atoms with Crippen LogP contribution in [0.15, 0.2) is 23.3 Å². The van der Waals surface area contributed by atoms with Gasteiger partial charge >= 0.3 is 12.0 Å². The van der Waals surface area contributed by atoms with Crippen LogP contribution in [0.3, 0.4) is 0 Å². The molecule has 2 aromatic rings. The Kier molecular flexibility index (Phi) is 3.71. The zero-order valence-electron chi connectivity index (χ0n) is 9.61. The minimum Gasteiger partial charge on any atom is -0.480 e. The standard InChI is InChI=1S/C9H10N6O4/c16-8(17)4-15-3-6(1-12-15)13-9(18)10-2-7-11-5-19-14-7/h1,3,5H,2,4H2,(H,16,17)(H2,10,13,18). The van der Waals surface area contributed by atoms with Crippen molar-refractivity contribution in [2.24, 2.45) is 0 Å². The predicted molar refractivity (Wildman–Crippen MR) is 60.0 cm³/mol. The number of hydrogen-bond acceptors (Lipinski definition) is 6. The zero-order chi connectivity index (χ0) is 13.7. The van der Waals surface area contributed by atoms with Crippen molar-refractivity contribution in [3.05, 3.63) is 24.6 Å². The highest BCUT2D eigenvalue weighted by Crippen LogP contribution is 2.04. The molecule has 10 heteroatoms. The SMILES string of the molecule is O=C(O)Cn1cc(NC(=O)NCc2ncon2)cn1. The van der Waals surface area contributed by atoms with E-state index < -0.39 is 12.0 Å². The van der Waals surface area contributed by atoms with Crippen molar-refractivity contribution < 1.29 is 19.2 Å². The van der Waals surface area contributed by atoms with E-state index in [-0.39, 0.29) is 13.1 Å². The third-order valence-electron chi connectivity index (χ3n) is 2.00. The number of nitrogens with one attached hydrogen (secondary N) is 2. The lowest BCUT2D eigenvalue weighted by molar-refractivity contribution is -0.137. The van der Waals surface area contributed by atoms with Crippen LogP contribution in [0.25, 0.3) is 0 Å². The first-order valence-electron chi connectivity index (χ1n) is 5.18. The van der Waals surface area contributed by atoms with Crippen molar-refractivity contribution in [2.75, 3.05) is 5.32 Å².